The van der Waals surface area contributed by atoms with Crippen LogP contribution in [0.25, 0.3) is 0 Å². The zero-order chi connectivity index (χ0) is 23.5. The number of nitrogens with one attached hydrogen (secondary N) is 1. The van der Waals surface area contributed by atoms with Crippen molar-refractivity contribution in [1.82, 2.24) is 24.8 Å². The van der Waals surface area contributed by atoms with Gasteiger partial charge in [0.2, 0.25) is 11.9 Å². The molecular formula is C23H29N7O3. The highest BCUT2D eigenvalue weighted by Crippen LogP contribution is 2.18. The average molecular weight is 452 g/mol. The van der Waals surface area contributed by atoms with Crippen LogP contribution >= 0.6 is 0 Å². The summed E-state index contributed by atoms with van der Waals surface area (Å²) in [5.74, 6) is 1.33. The number of hydrogen-bond donors (Lipinski definition) is 3. The highest BCUT2D eigenvalue weighted by Gasteiger charge is 2.22. The van der Waals surface area contributed by atoms with E-state index in [1.54, 1.807) is 6.20 Å². The average Bonchev–Trinajstić information content (AvgIpc) is 2.79. The molecule has 10 heteroatoms. The van der Waals surface area contributed by atoms with Crippen LogP contribution in [0.2, 0.25) is 0 Å². The number of nitrogens with two attached hydrogens (primary N) is 1. The second-order valence-corrected chi connectivity index (χ2v) is 7.66. The summed E-state index contributed by atoms with van der Waals surface area (Å²) in [6.45, 7) is 4.75. The third-order valence-electron chi connectivity index (χ3n) is 4.99. The zero-order valence-corrected chi connectivity index (χ0v) is 18.6. The van der Waals surface area contributed by atoms with Gasteiger partial charge in [-0.15, -0.1) is 0 Å². The number of aromatic nitrogens is 4. The van der Waals surface area contributed by atoms with Gasteiger partial charge in [0, 0.05) is 18.4 Å². The molecule has 2 aromatic heterocycles. The molecule has 0 saturated carbocycles. The second-order valence-electron chi connectivity index (χ2n) is 7.66. The third kappa shape index (κ3) is 8.09. The van der Waals surface area contributed by atoms with Crippen LogP contribution in [-0.2, 0) is 22.7 Å². The van der Waals surface area contributed by atoms with Crippen molar-refractivity contribution >= 4 is 24.1 Å². The Morgan fingerprint density at radius 1 is 1.24 bits per heavy atom. The van der Waals surface area contributed by atoms with Crippen molar-refractivity contribution in [2.45, 2.75) is 39.0 Å². The Bertz CT molecular complexity index is 1020. The number of hydrogen-bond acceptors (Lipinski definition) is 9. The van der Waals surface area contributed by atoms with E-state index in [0.717, 1.165) is 42.9 Å². The van der Waals surface area contributed by atoms with Crippen LogP contribution in [-0.4, -0.2) is 55.6 Å². The number of piperidine rings is 1. The van der Waals surface area contributed by atoms with Crippen LogP contribution in [0, 0.1) is 6.92 Å². The van der Waals surface area contributed by atoms with E-state index in [4.69, 9.17) is 20.4 Å². The molecule has 4 rings (SSSR count). The minimum Gasteiger partial charge on any atom is -0.483 e. The van der Waals surface area contributed by atoms with Crippen molar-refractivity contribution < 1.29 is 14.6 Å². The number of carboxylic acid groups (broad SMARTS) is 1. The van der Waals surface area contributed by atoms with E-state index in [1.807, 2.05) is 49.4 Å². The molecule has 1 unspecified atom stereocenters. The maximum atomic E-state index is 8.36. The number of nitrogen functional groups attached to an aromatic ring is 1. The van der Waals surface area contributed by atoms with Gasteiger partial charge < -0.3 is 20.9 Å². The highest BCUT2D eigenvalue weighted by molar-refractivity contribution is 5.54. The van der Waals surface area contributed by atoms with E-state index >= 15 is 0 Å². The number of likely N-dealkylation sites (tertiary alicyclic amines) is 1. The first kappa shape index (κ1) is 24.0. The molecule has 4 N–H and O–H groups in total. The summed E-state index contributed by atoms with van der Waals surface area (Å²) in [4.78, 5) is 28.1. The molecule has 1 aliphatic rings. The largest absolute Gasteiger partial charge is 0.483 e. The van der Waals surface area contributed by atoms with Crippen LogP contribution in [0.1, 0.15) is 29.9 Å². The molecule has 0 radical (unpaired) electrons. The number of ether oxygens (including phenoxy) is 1. The van der Waals surface area contributed by atoms with Gasteiger partial charge in [-0.2, -0.15) is 15.0 Å². The Balaban J connectivity index is 0.000000968. The maximum absolute atomic E-state index is 8.36. The van der Waals surface area contributed by atoms with E-state index in [9.17, 15) is 0 Å². The molecule has 1 saturated heterocycles. The lowest BCUT2D eigenvalue weighted by Gasteiger charge is -2.32. The maximum Gasteiger partial charge on any atom is 0.290 e. The van der Waals surface area contributed by atoms with Crippen molar-refractivity contribution in [2.75, 3.05) is 24.1 Å². The lowest BCUT2D eigenvalue weighted by molar-refractivity contribution is -0.122. The first-order valence-electron chi connectivity index (χ1n) is 10.7. The van der Waals surface area contributed by atoms with Crippen molar-refractivity contribution in [3.63, 3.8) is 0 Å². The summed E-state index contributed by atoms with van der Waals surface area (Å²) >= 11 is 0. The molecule has 174 valence electrons. The summed E-state index contributed by atoms with van der Waals surface area (Å²) in [6.07, 6.45) is 4.08. The van der Waals surface area contributed by atoms with Gasteiger partial charge in [-0.25, -0.2) is 0 Å². The molecule has 33 heavy (non-hydrogen) atoms. The second kappa shape index (κ2) is 12.4. The van der Waals surface area contributed by atoms with Gasteiger partial charge in [0.15, 0.2) is 0 Å². The van der Waals surface area contributed by atoms with Crippen LogP contribution in [0.3, 0.4) is 0 Å². The number of pyridine rings is 1. The van der Waals surface area contributed by atoms with Crippen LogP contribution in [0.15, 0.2) is 48.7 Å². The van der Waals surface area contributed by atoms with Crippen LogP contribution in [0.5, 0.6) is 0 Å². The third-order valence-corrected chi connectivity index (χ3v) is 4.99. The first-order valence-corrected chi connectivity index (χ1v) is 10.7. The van der Waals surface area contributed by atoms with Gasteiger partial charge in [0.1, 0.15) is 5.82 Å². The molecule has 0 amide bonds. The number of rotatable bonds is 7. The fraction of sp³-hybridized carbons (Fsp3) is 0.348. The molecule has 1 fully saturated rings. The zero-order valence-electron chi connectivity index (χ0n) is 18.6. The van der Waals surface area contributed by atoms with Gasteiger partial charge in [0.05, 0.1) is 24.9 Å². The molecule has 3 heterocycles. The lowest BCUT2D eigenvalue weighted by atomic mass is 10.1. The monoisotopic (exact) mass is 451 g/mol. The van der Waals surface area contributed by atoms with Gasteiger partial charge in [-0.05, 0) is 56.1 Å². The lowest BCUT2D eigenvalue weighted by Crippen LogP contribution is -2.39. The van der Waals surface area contributed by atoms with Gasteiger partial charge in [-0.3, -0.25) is 14.7 Å². The molecule has 1 aliphatic heterocycles. The predicted octanol–water partition coefficient (Wildman–Crippen LogP) is 2.78. The summed E-state index contributed by atoms with van der Waals surface area (Å²) in [5.41, 5.74) is 8.97. The summed E-state index contributed by atoms with van der Waals surface area (Å²) in [5, 5.41) is 10.1. The smallest absolute Gasteiger partial charge is 0.290 e. The van der Waals surface area contributed by atoms with E-state index in [-0.39, 0.29) is 18.5 Å². The molecule has 1 aromatic carbocycles. The van der Waals surface area contributed by atoms with Crippen LogP contribution in [0.4, 0.5) is 17.6 Å². The van der Waals surface area contributed by atoms with E-state index < -0.39 is 0 Å². The van der Waals surface area contributed by atoms with Gasteiger partial charge in [-0.1, -0.05) is 18.2 Å². The number of aryl methyl sites for hydroxylation is 1. The minimum absolute atomic E-state index is 0.171. The van der Waals surface area contributed by atoms with Crippen molar-refractivity contribution in [3.05, 3.63) is 65.7 Å². The minimum atomic E-state index is -0.250. The van der Waals surface area contributed by atoms with Gasteiger partial charge in [0.25, 0.3) is 6.47 Å². The Hall–Kier alpha value is -3.63. The van der Waals surface area contributed by atoms with Crippen molar-refractivity contribution in [2.24, 2.45) is 0 Å². The summed E-state index contributed by atoms with van der Waals surface area (Å²) in [6, 6.07) is 13.9. The highest BCUT2D eigenvalue weighted by atomic mass is 16.5. The number of nitrogens with zero attached hydrogens (tertiary/aromatic N) is 5. The fourth-order valence-electron chi connectivity index (χ4n) is 3.60. The quantitative estimate of drug-likeness (QED) is 0.459. The van der Waals surface area contributed by atoms with Crippen molar-refractivity contribution in [1.29, 1.82) is 0 Å². The molecule has 0 spiro atoms. The predicted molar refractivity (Wildman–Crippen MR) is 125 cm³/mol. The van der Waals surface area contributed by atoms with E-state index in [2.05, 4.69) is 30.2 Å². The molecule has 1 atom stereocenters. The molecule has 0 aliphatic carbocycles. The molecular weight excluding hydrogens is 422 g/mol. The van der Waals surface area contributed by atoms with E-state index in [0.29, 0.717) is 24.9 Å². The Labute approximate surface area is 192 Å². The Morgan fingerprint density at radius 3 is 2.85 bits per heavy atom. The molecule has 10 nitrogen and oxygen atoms in total. The number of anilines is 3. The van der Waals surface area contributed by atoms with Crippen LogP contribution < -0.4 is 11.1 Å². The molecule has 0 bridgehead atoms. The first-order chi connectivity index (χ1) is 16.1. The summed E-state index contributed by atoms with van der Waals surface area (Å²) in [7, 11) is 0. The number of carbonyl (C=O) groups is 1. The number of benzene rings is 1. The standard InChI is InChI=1S/C22H27N7O.CH2O2/c1-16-6-4-8-17(12-16)25-22-27-20(26-21(23)28-22)14-29-11-5-9-19(13-29)30-15-18-7-2-3-10-24-18;2-1-3/h2-4,6-8,10,12,19H,5,9,11,13-15H2,1H3,(H3,23,25,26,27,28);1H,(H,2,3). The Kier molecular flexibility index (Phi) is 9.04. The normalized spacial score (nSPS) is 15.8. The van der Waals surface area contributed by atoms with E-state index in [1.165, 1.54) is 0 Å². The topological polar surface area (TPSA) is 139 Å². The summed E-state index contributed by atoms with van der Waals surface area (Å²) < 4.78 is 6.08. The van der Waals surface area contributed by atoms with Gasteiger partial charge >= 0.3 is 0 Å². The SMILES string of the molecule is Cc1cccc(Nc2nc(N)nc(CN3CCCC(OCc4ccccn4)C3)n2)c1.O=CO. The fourth-order valence-corrected chi connectivity index (χ4v) is 3.60. The Morgan fingerprint density at radius 2 is 2.09 bits per heavy atom. The molecule has 3 aromatic rings. The van der Waals surface area contributed by atoms with Crippen molar-refractivity contribution in [3.8, 4) is 0 Å².